The zero-order valence-corrected chi connectivity index (χ0v) is 10.9. The van der Waals surface area contributed by atoms with Gasteiger partial charge in [0.2, 0.25) is 0 Å². The van der Waals surface area contributed by atoms with Crippen molar-refractivity contribution in [1.82, 2.24) is 4.98 Å². The molecular weight excluding hydrogens is 295 g/mol. The number of esters is 1. The lowest BCUT2D eigenvalue weighted by Crippen LogP contribution is -2.03. The molecule has 1 heterocycles. The largest absolute Gasteiger partial charge is 0.465 e. The molecule has 106 valence electrons. The molecule has 0 radical (unpaired) electrons. The van der Waals surface area contributed by atoms with Crippen molar-refractivity contribution in [2.24, 2.45) is 0 Å². The minimum absolute atomic E-state index is 0.0467. The van der Waals surface area contributed by atoms with E-state index in [2.05, 4.69) is 14.5 Å². The van der Waals surface area contributed by atoms with Gasteiger partial charge in [-0.15, -0.1) is 11.3 Å². The molecule has 0 N–H and O–H groups in total. The molecule has 0 saturated heterocycles. The Kier molecular flexibility index (Phi) is 4.23. The van der Waals surface area contributed by atoms with E-state index < -0.39 is 18.4 Å². The number of halogens is 3. The molecule has 0 amide bonds. The maximum atomic E-state index is 13.2. The lowest BCUT2D eigenvalue weighted by molar-refractivity contribution is -0.0495. The minimum atomic E-state index is -3.04. The highest BCUT2D eigenvalue weighted by Gasteiger charge is 2.17. The number of thiazole rings is 1. The van der Waals surface area contributed by atoms with Crippen LogP contribution in [0, 0.1) is 5.82 Å². The number of benzene rings is 1. The number of aromatic nitrogens is 1. The van der Waals surface area contributed by atoms with Gasteiger partial charge in [-0.05, 0) is 18.2 Å². The number of carbonyl (C=O) groups is 1. The van der Waals surface area contributed by atoms with Crippen molar-refractivity contribution in [3.05, 3.63) is 35.1 Å². The first-order chi connectivity index (χ1) is 9.51. The van der Waals surface area contributed by atoms with Gasteiger partial charge in [-0.3, -0.25) is 0 Å². The summed E-state index contributed by atoms with van der Waals surface area (Å²) in [6.07, 6.45) is 1.23. The molecule has 1 aromatic heterocycles. The van der Waals surface area contributed by atoms with E-state index in [1.807, 2.05) is 0 Å². The fourth-order valence-electron chi connectivity index (χ4n) is 1.46. The summed E-state index contributed by atoms with van der Waals surface area (Å²) in [5.41, 5.74) is 0.0467. The zero-order chi connectivity index (χ0) is 14.7. The summed E-state index contributed by atoms with van der Waals surface area (Å²) in [5.74, 6) is -1.45. The van der Waals surface area contributed by atoms with Crippen LogP contribution in [0.4, 0.5) is 13.2 Å². The second kappa shape index (κ2) is 5.91. The minimum Gasteiger partial charge on any atom is -0.465 e. The van der Waals surface area contributed by atoms with Gasteiger partial charge in [0.05, 0.1) is 18.9 Å². The van der Waals surface area contributed by atoms with Crippen LogP contribution in [0.25, 0.3) is 10.6 Å². The maximum Gasteiger partial charge on any atom is 0.387 e. The van der Waals surface area contributed by atoms with Gasteiger partial charge in [0.15, 0.2) is 0 Å². The smallest absolute Gasteiger partial charge is 0.387 e. The fourth-order valence-corrected chi connectivity index (χ4v) is 2.32. The molecule has 0 saturated carbocycles. The molecule has 0 fully saturated rings. The molecule has 20 heavy (non-hydrogen) atoms. The molecule has 0 atom stereocenters. The lowest BCUT2D eigenvalue weighted by atomic mass is 10.2. The molecule has 8 heteroatoms. The average Bonchev–Trinajstić information content (AvgIpc) is 2.89. The monoisotopic (exact) mass is 303 g/mol. The third-order valence-corrected chi connectivity index (χ3v) is 3.29. The average molecular weight is 303 g/mol. The number of hydrogen-bond donors (Lipinski definition) is 0. The van der Waals surface area contributed by atoms with Crippen molar-refractivity contribution in [3.8, 4) is 16.3 Å². The number of nitrogens with zero attached hydrogens (tertiary/aromatic N) is 1. The van der Waals surface area contributed by atoms with E-state index in [9.17, 15) is 18.0 Å². The Morgan fingerprint density at radius 3 is 2.80 bits per heavy atom. The van der Waals surface area contributed by atoms with Gasteiger partial charge in [0.1, 0.15) is 21.5 Å². The van der Waals surface area contributed by atoms with E-state index in [-0.39, 0.29) is 21.2 Å². The quantitative estimate of drug-likeness (QED) is 0.813. The summed E-state index contributed by atoms with van der Waals surface area (Å²) in [4.78, 5) is 15.4. The Morgan fingerprint density at radius 1 is 1.40 bits per heavy atom. The van der Waals surface area contributed by atoms with Crippen LogP contribution in [0.15, 0.2) is 24.4 Å². The van der Waals surface area contributed by atoms with Crippen molar-refractivity contribution >= 4 is 17.3 Å². The second-order valence-electron chi connectivity index (χ2n) is 3.54. The van der Waals surface area contributed by atoms with Crippen LogP contribution in [-0.4, -0.2) is 24.7 Å². The molecule has 0 aliphatic heterocycles. The Labute approximate surface area is 115 Å². The highest BCUT2D eigenvalue weighted by atomic mass is 32.1. The molecule has 0 aliphatic rings. The zero-order valence-electron chi connectivity index (χ0n) is 10.1. The number of carbonyl (C=O) groups excluding carboxylic acids is 1. The van der Waals surface area contributed by atoms with E-state index in [1.165, 1.54) is 13.3 Å². The fraction of sp³-hybridized carbons (Fsp3) is 0.167. The van der Waals surface area contributed by atoms with E-state index in [0.717, 1.165) is 29.5 Å². The second-order valence-corrected chi connectivity index (χ2v) is 4.57. The van der Waals surface area contributed by atoms with Crippen LogP contribution in [-0.2, 0) is 4.74 Å². The van der Waals surface area contributed by atoms with Gasteiger partial charge < -0.3 is 9.47 Å². The molecule has 2 aromatic rings. The van der Waals surface area contributed by atoms with Crippen molar-refractivity contribution in [1.29, 1.82) is 0 Å². The highest BCUT2D eigenvalue weighted by molar-refractivity contribution is 7.16. The first-order valence-electron chi connectivity index (χ1n) is 5.30. The Balaban J connectivity index is 2.42. The van der Waals surface area contributed by atoms with Gasteiger partial charge in [0, 0.05) is 0 Å². The molecule has 0 aliphatic carbocycles. The molecule has 0 bridgehead atoms. The van der Waals surface area contributed by atoms with Crippen LogP contribution in [0.5, 0.6) is 5.75 Å². The first-order valence-corrected chi connectivity index (χ1v) is 6.12. The van der Waals surface area contributed by atoms with E-state index in [4.69, 9.17) is 0 Å². The maximum absolute atomic E-state index is 13.2. The summed E-state index contributed by atoms with van der Waals surface area (Å²) in [5, 5.41) is 0.181. The predicted octanol–water partition coefficient (Wildman–Crippen LogP) is 3.34. The van der Waals surface area contributed by atoms with Crippen molar-refractivity contribution in [2.75, 3.05) is 7.11 Å². The van der Waals surface area contributed by atoms with Gasteiger partial charge in [-0.2, -0.15) is 8.78 Å². The van der Waals surface area contributed by atoms with Gasteiger partial charge in [-0.25, -0.2) is 14.2 Å². The number of methoxy groups -OCH3 is 1. The Morgan fingerprint density at radius 2 is 2.15 bits per heavy atom. The Hall–Kier alpha value is -2.09. The lowest BCUT2D eigenvalue weighted by Gasteiger charge is -2.08. The first kappa shape index (κ1) is 14.3. The van der Waals surface area contributed by atoms with Crippen LogP contribution in [0.1, 0.15) is 9.67 Å². The van der Waals surface area contributed by atoms with E-state index in [0.29, 0.717) is 0 Å². The highest BCUT2D eigenvalue weighted by Crippen LogP contribution is 2.34. The summed E-state index contributed by atoms with van der Waals surface area (Å²) >= 11 is 0.891. The van der Waals surface area contributed by atoms with Crippen LogP contribution < -0.4 is 4.74 Å². The number of ether oxygens (including phenoxy) is 2. The van der Waals surface area contributed by atoms with E-state index >= 15 is 0 Å². The Bertz CT molecular complexity index is 630. The van der Waals surface area contributed by atoms with Crippen molar-refractivity contribution in [3.63, 3.8) is 0 Å². The molecular formula is C12H8F3NO3S. The molecule has 1 aromatic carbocycles. The molecule has 4 nitrogen and oxygen atoms in total. The van der Waals surface area contributed by atoms with Crippen molar-refractivity contribution in [2.45, 2.75) is 6.61 Å². The third kappa shape index (κ3) is 3.08. The predicted molar refractivity (Wildman–Crippen MR) is 65.5 cm³/mol. The topological polar surface area (TPSA) is 48.4 Å². The molecule has 0 spiro atoms. The standard InChI is InChI=1S/C12H8F3NO3S/c1-18-11(17)9-5-16-10(20-9)7-4-6(13)2-3-8(7)19-12(14)15/h2-5,12H,1H3. The summed E-state index contributed by atoms with van der Waals surface area (Å²) < 4.78 is 46.7. The van der Waals surface area contributed by atoms with Crippen LogP contribution >= 0.6 is 11.3 Å². The molecule has 2 rings (SSSR count). The van der Waals surface area contributed by atoms with Gasteiger partial charge >= 0.3 is 12.6 Å². The summed E-state index contributed by atoms with van der Waals surface area (Å²) in [6.45, 7) is -3.04. The van der Waals surface area contributed by atoms with Crippen LogP contribution in [0.2, 0.25) is 0 Å². The van der Waals surface area contributed by atoms with Gasteiger partial charge in [-0.1, -0.05) is 0 Å². The number of hydrogen-bond acceptors (Lipinski definition) is 5. The summed E-state index contributed by atoms with van der Waals surface area (Å²) in [7, 11) is 1.20. The third-order valence-electron chi connectivity index (χ3n) is 2.28. The van der Waals surface area contributed by atoms with E-state index in [1.54, 1.807) is 0 Å². The normalized spacial score (nSPS) is 10.7. The molecule has 0 unspecified atom stereocenters. The number of alkyl halides is 2. The summed E-state index contributed by atoms with van der Waals surface area (Å²) in [6, 6.07) is 3.09. The van der Waals surface area contributed by atoms with Crippen LogP contribution in [0.3, 0.4) is 0 Å². The number of rotatable bonds is 4. The van der Waals surface area contributed by atoms with Gasteiger partial charge in [0.25, 0.3) is 0 Å². The SMILES string of the molecule is COC(=O)c1cnc(-c2cc(F)ccc2OC(F)F)s1. The van der Waals surface area contributed by atoms with Crippen molar-refractivity contribution < 1.29 is 27.4 Å².